The molecule has 0 saturated heterocycles. The van der Waals surface area contributed by atoms with Gasteiger partial charge in [0, 0.05) is 6.54 Å². The second kappa shape index (κ2) is 6.12. The average Bonchev–Trinajstić information content (AvgIpc) is 2.44. The number of rotatable bonds is 5. The second-order valence-corrected chi connectivity index (χ2v) is 4.64. The van der Waals surface area contributed by atoms with E-state index in [1.54, 1.807) is 12.1 Å². The molecular weight excluding hydrogens is 242 g/mol. The van der Waals surface area contributed by atoms with Crippen molar-refractivity contribution in [2.45, 2.75) is 25.9 Å². The molecule has 5 nitrogen and oxygen atoms in total. The second-order valence-electron chi connectivity index (χ2n) is 4.64. The Hall–Kier alpha value is -2.19. The van der Waals surface area contributed by atoms with Crippen LogP contribution in [0, 0.1) is 12.3 Å². The Morgan fingerprint density at radius 1 is 1.58 bits per heavy atom. The summed E-state index contributed by atoms with van der Waals surface area (Å²) in [4.78, 5) is 0. The molecule has 102 valence electrons. The van der Waals surface area contributed by atoms with Gasteiger partial charge >= 0.3 is 0 Å². The van der Waals surface area contributed by atoms with E-state index in [4.69, 9.17) is 22.1 Å². The van der Waals surface area contributed by atoms with Gasteiger partial charge in [0.15, 0.2) is 5.84 Å². The minimum atomic E-state index is -0.392. The normalized spacial score (nSPS) is 12.0. The molecule has 0 bridgehead atoms. The Morgan fingerprint density at radius 2 is 2.26 bits per heavy atom. The number of ether oxygens (including phenoxy) is 1. The van der Waals surface area contributed by atoms with Gasteiger partial charge in [-0.15, -0.1) is 6.42 Å². The van der Waals surface area contributed by atoms with Crippen molar-refractivity contribution in [2.75, 3.05) is 7.11 Å². The van der Waals surface area contributed by atoms with Crippen LogP contribution >= 0.6 is 0 Å². The van der Waals surface area contributed by atoms with Gasteiger partial charge < -0.3 is 15.7 Å². The predicted molar refractivity (Wildman–Crippen MR) is 75.3 cm³/mol. The molecule has 19 heavy (non-hydrogen) atoms. The van der Waals surface area contributed by atoms with E-state index in [-0.39, 0.29) is 5.84 Å². The standard InChI is InChI=1S/C14H19N3O2/c1-5-14(2,3)16-9-10-6-7-12(19-4)11(8-10)13(15)17-18/h1,6-8,16,18H,9H2,2-4H3,(H2,15,17). The van der Waals surface area contributed by atoms with E-state index in [1.165, 1.54) is 7.11 Å². The molecule has 5 heteroatoms. The van der Waals surface area contributed by atoms with Gasteiger partial charge in [-0.2, -0.15) is 0 Å². The SMILES string of the molecule is C#CC(C)(C)NCc1ccc(OC)c(C(N)=NO)c1. The fraction of sp³-hybridized carbons (Fsp3) is 0.357. The lowest BCUT2D eigenvalue weighted by molar-refractivity contribution is 0.318. The molecule has 0 unspecified atom stereocenters. The van der Waals surface area contributed by atoms with Crippen LogP contribution in [0.15, 0.2) is 23.4 Å². The third-order valence-electron chi connectivity index (χ3n) is 2.74. The fourth-order valence-corrected chi connectivity index (χ4v) is 1.49. The van der Waals surface area contributed by atoms with Crippen LogP contribution in [-0.4, -0.2) is 23.7 Å². The number of nitrogens with two attached hydrogens (primary N) is 1. The van der Waals surface area contributed by atoms with E-state index < -0.39 is 5.54 Å². The number of terminal acetylenes is 1. The topological polar surface area (TPSA) is 79.9 Å². The zero-order chi connectivity index (χ0) is 14.5. The van der Waals surface area contributed by atoms with Crippen LogP contribution in [0.1, 0.15) is 25.0 Å². The lowest BCUT2D eigenvalue weighted by Gasteiger charge is -2.20. The van der Waals surface area contributed by atoms with Crippen LogP contribution in [0.25, 0.3) is 0 Å². The van der Waals surface area contributed by atoms with Gasteiger partial charge in [0.25, 0.3) is 0 Å². The minimum Gasteiger partial charge on any atom is -0.496 e. The smallest absolute Gasteiger partial charge is 0.173 e. The van der Waals surface area contributed by atoms with Gasteiger partial charge in [0.2, 0.25) is 0 Å². The Bertz CT molecular complexity index is 516. The van der Waals surface area contributed by atoms with Gasteiger partial charge in [0.1, 0.15) is 5.75 Å². The quantitative estimate of drug-likeness (QED) is 0.245. The number of benzene rings is 1. The third-order valence-corrected chi connectivity index (χ3v) is 2.74. The Morgan fingerprint density at radius 3 is 2.79 bits per heavy atom. The summed E-state index contributed by atoms with van der Waals surface area (Å²) in [5.74, 6) is 3.22. The zero-order valence-electron chi connectivity index (χ0n) is 11.4. The highest BCUT2D eigenvalue weighted by Gasteiger charge is 2.14. The van der Waals surface area contributed by atoms with Gasteiger partial charge in [-0.05, 0) is 31.5 Å². The number of nitrogens with one attached hydrogen (secondary N) is 1. The van der Waals surface area contributed by atoms with Crippen molar-refractivity contribution < 1.29 is 9.94 Å². The molecule has 0 aliphatic carbocycles. The van der Waals surface area contributed by atoms with Crippen molar-refractivity contribution in [2.24, 2.45) is 10.9 Å². The van der Waals surface area contributed by atoms with Crippen LogP contribution in [0.5, 0.6) is 5.75 Å². The predicted octanol–water partition coefficient (Wildman–Crippen LogP) is 1.29. The molecule has 0 aliphatic heterocycles. The molecule has 4 N–H and O–H groups in total. The number of hydrogen-bond donors (Lipinski definition) is 3. The van der Waals surface area contributed by atoms with Crippen LogP contribution in [0.2, 0.25) is 0 Å². The zero-order valence-corrected chi connectivity index (χ0v) is 11.4. The summed E-state index contributed by atoms with van der Waals surface area (Å²) in [6.45, 7) is 4.41. The molecule has 0 aliphatic rings. The number of amidine groups is 1. The summed E-state index contributed by atoms with van der Waals surface area (Å²) in [5.41, 5.74) is 6.73. The highest BCUT2D eigenvalue weighted by Crippen LogP contribution is 2.20. The Balaban J connectivity index is 2.97. The van der Waals surface area contributed by atoms with E-state index >= 15 is 0 Å². The molecule has 0 fully saturated rings. The van der Waals surface area contributed by atoms with Gasteiger partial charge in [0.05, 0.1) is 18.2 Å². The Labute approximate surface area is 113 Å². The third kappa shape index (κ3) is 3.90. The fourth-order valence-electron chi connectivity index (χ4n) is 1.49. The molecule has 0 spiro atoms. The van der Waals surface area contributed by atoms with E-state index in [2.05, 4.69) is 16.4 Å². The molecular formula is C14H19N3O2. The van der Waals surface area contributed by atoms with Crippen molar-refractivity contribution in [3.05, 3.63) is 29.3 Å². The van der Waals surface area contributed by atoms with Crippen LogP contribution in [-0.2, 0) is 6.54 Å². The average molecular weight is 261 g/mol. The molecule has 0 atom stereocenters. The molecule has 1 aromatic rings. The molecule has 0 radical (unpaired) electrons. The van der Waals surface area contributed by atoms with Crippen LogP contribution in [0.3, 0.4) is 0 Å². The van der Waals surface area contributed by atoms with Gasteiger partial charge in [-0.1, -0.05) is 17.1 Å². The largest absolute Gasteiger partial charge is 0.496 e. The van der Waals surface area contributed by atoms with Crippen molar-refractivity contribution in [1.82, 2.24) is 5.32 Å². The summed E-state index contributed by atoms with van der Waals surface area (Å²) >= 11 is 0. The van der Waals surface area contributed by atoms with Crippen LogP contribution < -0.4 is 15.8 Å². The van der Waals surface area contributed by atoms with Crippen molar-refractivity contribution in [3.63, 3.8) is 0 Å². The number of hydrogen-bond acceptors (Lipinski definition) is 4. The first-order valence-electron chi connectivity index (χ1n) is 5.81. The summed E-state index contributed by atoms with van der Waals surface area (Å²) in [7, 11) is 1.53. The summed E-state index contributed by atoms with van der Waals surface area (Å²) in [6, 6.07) is 5.47. The first-order valence-corrected chi connectivity index (χ1v) is 5.81. The molecule has 1 aromatic carbocycles. The van der Waals surface area contributed by atoms with E-state index in [1.807, 2.05) is 19.9 Å². The molecule has 0 amide bonds. The summed E-state index contributed by atoms with van der Waals surface area (Å²) in [5, 5.41) is 15.0. The highest BCUT2D eigenvalue weighted by molar-refractivity contribution is 5.99. The number of methoxy groups -OCH3 is 1. The molecule has 0 saturated carbocycles. The number of oxime groups is 1. The van der Waals surface area contributed by atoms with Crippen molar-refractivity contribution >= 4 is 5.84 Å². The Kier molecular flexibility index (Phi) is 4.79. The van der Waals surface area contributed by atoms with E-state index in [0.29, 0.717) is 17.9 Å². The summed E-state index contributed by atoms with van der Waals surface area (Å²) in [6.07, 6.45) is 5.41. The van der Waals surface area contributed by atoms with Crippen molar-refractivity contribution in [3.8, 4) is 18.1 Å². The first-order chi connectivity index (χ1) is 8.93. The minimum absolute atomic E-state index is 0.00918. The van der Waals surface area contributed by atoms with Crippen molar-refractivity contribution in [1.29, 1.82) is 0 Å². The molecule has 0 aromatic heterocycles. The van der Waals surface area contributed by atoms with Gasteiger partial charge in [-0.3, -0.25) is 5.32 Å². The monoisotopic (exact) mass is 261 g/mol. The number of nitrogens with zero attached hydrogens (tertiary/aromatic N) is 1. The molecule has 0 heterocycles. The maximum Gasteiger partial charge on any atom is 0.173 e. The highest BCUT2D eigenvalue weighted by atomic mass is 16.5. The first kappa shape index (κ1) is 14.9. The summed E-state index contributed by atoms with van der Waals surface area (Å²) < 4.78 is 5.17. The van der Waals surface area contributed by atoms with E-state index in [0.717, 1.165) is 5.56 Å². The maximum atomic E-state index is 8.76. The van der Waals surface area contributed by atoms with E-state index in [9.17, 15) is 0 Å². The lowest BCUT2D eigenvalue weighted by atomic mass is 10.0. The maximum absolute atomic E-state index is 8.76. The lowest BCUT2D eigenvalue weighted by Crippen LogP contribution is -2.36. The van der Waals surface area contributed by atoms with Crippen LogP contribution in [0.4, 0.5) is 0 Å². The van der Waals surface area contributed by atoms with Gasteiger partial charge in [-0.25, -0.2) is 0 Å². The molecule has 1 rings (SSSR count).